The van der Waals surface area contributed by atoms with Crippen molar-refractivity contribution in [2.24, 2.45) is 0 Å². The molecule has 2 rings (SSSR count). The first-order chi connectivity index (χ1) is 8.72. The smallest absolute Gasteiger partial charge is 0.103 e. The van der Waals surface area contributed by atoms with Crippen LogP contribution in [0.25, 0.3) is 0 Å². The molecule has 1 N–H and O–H groups in total. The lowest BCUT2D eigenvalue weighted by molar-refractivity contribution is 0.689. The van der Waals surface area contributed by atoms with Crippen LogP contribution in [0.2, 0.25) is 0 Å². The van der Waals surface area contributed by atoms with Gasteiger partial charge in [-0.15, -0.1) is 11.3 Å². The molecular weight excluding hydrogens is 260 g/mol. The molecule has 1 aromatic heterocycles. The summed E-state index contributed by atoms with van der Waals surface area (Å²) in [6, 6.07) is 0.787. The second kappa shape index (κ2) is 6.92. The Kier molecular flexibility index (Phi) is 5.52. The highest BCUT2D eigenvalue weighted by Crippen LogP contribution is 2.27. The summed E-state index contributed by atoms with van der Waals surface area (Å²) < 4.78 is 0. The summed E-state index contributed by atoms with van der Waals surface area (Å²) in [6.45, 7) is 7.79. The number of aryl methyl sites for hydroxylation is 1. The molecule has 1 fully saturated rings. The van der Waals surface area contributed by atoms with Gasteiger partial charge in [-0.25, -0.2) is 4.98 Å². The third kappa shape index (κ3) is 4.25. The van der Waals surface area contributed by atoms with Crippen molar-refractivity contribution in [3.8, 4) is 0 Å². The molecule has 1 aliphatic carbocycles. The summed E-state index contributed by atoms with van der Waals surface area (Å²) in [5.41, 5.74) is 1.31. The first-order valence-corrected chi connectivity index (χ1v) is 8.91. The van der Waals surface area contributed by atoms with Gasteiger partial charge in [0.2, 0.25) is 0 Å². The Balaban J connectivity index is 1.89. The molecule has 1 unspecified atom stereocenters. The van der Waals surface area contributed by atoms with E-state index >= 15 is 0 Å². The molecule has 1 aromatic rings. The van der Waals surface area contributed by atoms with Crippen molar-refractivity contribution in [1.29, 1.82) is 0 Å². The van der Waals surface area contributed by atoms with Gasteiger partial charge in [0.25, 0.3) is 0 Å². The van der Waals surface area contributed by atoms with E-state index in [1.807, 2.05) is 23.1 Å². The van der Waals surface area contributed by atoms with E-state index in [0.717, 1.165) is 30.0 Å². The molecule has 1 atom stereocenters. The molecule has 102 valence electrons. The van der Waals surface area contributed by atoms with Crippen molar-refractivity contribution >= 4 is 23.1 Å². The third-order valence-corrected chi connectivity index (χ3v) is 5.98. The zero-order valence-electron chi connectivity index (χ0n) is 11.7. The highest BCUT2D eigenvalue weighted by molar-refractivity contribution is 7.99. The number of hydrogen-bond donors (Lipinski definition) is 1. The van der Waals surface area contributed by atoms with Gasteiger partial charge in [-0.1, -0.05) is 20.8 Å². The van der Waals surface area contributed by atoms with Crippen LogP contribution in [-0.2, 0) is 18.7 Å². The summed E-state index contributed by atoms with van der Waals surface area (Å²) in [7, 11) is 0. The van der Waals surface area contributed by atoms with Crippen molar-refractivity contribution < 1.29 is 0 Å². The van der Waals surface area contributed by atoms with Crippen LogP contribution in [0.4, 0.5) is 0 Å². The Morgan fingerprint density at radius 2 is 2.22 bits per heavy atom. The molecule has 0 bridgehead atoms. The third-order valence-electron chi connectivity index (χ3n) is 3.35. The van der Waals surface area contributed by atoms with E-state index < -0.39 is 0 Å². The maximum Gasteiger partial charge on any atom is 0.103 e. The number of nitrogens with one attached hydrogen (secondary N) is 1. The molecule has 0 spiro atoms. The number of thioether (sulfide) groups is 1. The van der Waals surface area contributed by atoms with Gasteiger partial charge in [-0.3, -0.25) is 0 Å². The van der Waals surface area contributed by atoms with Gasteiger partial charge in [0.1, 0.15) is 5.01 Å². The number of aromatic nitrogens is 1. The van der Waals surface area contributed by atoms with E-state index in [2.05, 4.69) is 26.1 Å². The molecule has 0 radical (unpaired) electrons. The minimum atomic E-state index is 0.743. The highest BCUT2D eigenvalue weighted by atomic mass is 32.2. The quantitative estimate of drug-likeness (QED) is 0.781. The van der Waals surface area contributed by atoms with E-state index in [1.165, 1.54) is 34.8 Å². The first kappa shape index (κ1) is 14.4. The van der Waals surface area contributed by atoms with Crippen LogP contribution >= 0.6 is 23.1 Å². The van der Waals surface area contributed by atoms with Crippen LogP contribution < -0.4 is 5.32 Å². The van der Waals surface area contributed by atoms with Gasteiger partial charge in [-0.05, 0) is 25.7 Å². The van der Waals surface area contributed by atoms with Gasteiger partial charge in [0, 0.05) is 28.5 Å². The van der Waals surface area contributed by atoms with Gasteiger partial charge < -0.3 is 5.32 Å². The number of nitrogens with zero attached hydrogens (tertiary/aromatic N) is 1. The van der Waals surface area contributed by atoms with E-state index in [9.17, 15) is 0 Å². The van der Waals surface area contributed by atoms with E-state index in [0.29, 0.717) is 0 Å². The van der Waals surface area contributed by atoms with E-state index in [4.69, 9.17) is 4.98 Å². The van der Waals surface area contributed by atoms with Crippen molar-refractivity contribution in [1.82, 2.24) is 10.3 Å². The van der Waals surface area contributed by atoms with E-state index in [1.54, 1.807) is 0 Å². The standard InChI is InChI=1S/C14H24N2S2/c1-4-10(3)17-9-14-16-12(5-2)13(18-14)8-15-11-6-7-11/h10-11,15H,4-9H2,1-3H3. The van der Waals surface area contributed by atoms with Crippen molar-refractivity contribution in [3.05, 3.63) is 15.6 Å². The van der Waals surface area contributed by atoms with Gasteiger partial charge in [0.15, 0.2) is 0 Å². The van der Waals surface area contributed by atoms with Crippen LogP contribution in [0, 0.1) is 0 Å². The second-order valence-corrected chi connectivity index (χ2v) is 7.61. The summed E-state index contributed by atoms with van der Waals surface area (Å²) in [4.78, 5) is 6.25. The fourth-order valence-corrected chi connectivity index (χ4v) is 3.84. The summed E-state index contributed by atoms with van der Waals surface area (Å²) in [5.74, 6) is 1.08. The van der Waals surface area contributed by atoms with Crippen LogP contribution in [-0.4, -0.2) is 16.3 Å². The SMILES string of the molecule is CCc1nc(CSC(C)CC)sc1CNC1CC1. The zero-order valence-corrected chi connectivity index (χ0v) is 13.3. The molecule has 0 saturated heterocycles. The molecule has 0 aliphatic heterocycles. The Morgan fingerprint density at radius 3 is 2.83 bits per heavy atom. The molecule has 18 heavy (non-hydrogen) atoms. The summed E-state index contributed by atoms with van der Waals surface area (Å²) >= 11 is 3.94. The lowest BCUT2D eigenvalue weighted by Crippen LogP contribution is -2.15. The Labute approximate surface area is 119 Å². The Morgan fingerprint density at radius 1 is 1.44 bits per heavy atom. The predicted molar refractivity (Wildman–Crippen MR) is 82.4 cm³/mol. The molecule has 2 nitrogen and oxygen atoms in total. The lowest BCUT2D eigenvalue weighted by Gasteiger charge is -2.05. The van der Waals surface area contributed by atoms with Gasteiger partial charge in [-0.2, -0.15) is 11.8 Å². The minimum absolute atomic E-state index is 0.743. The topological polar surface area (TPSA) is 24.9 Å². The lowest BCUT2D eigenvalue weighted by atomic mass is 10.3. The van der Waals surface area contributed by atoms with Crippen molar-refractivity contribution in [3.63, 3.8) is 0 Å². The largest absolute Gasteiger partial charge is 0.309 e. The molecular formula is C14H24N2S2. The van der Waals surface area contributed by atoms with Crippen LogP contribution in [0.15, 0.2) is 0 Å². The van der Waals surface area contributed by atoms with Crippen LogP contribution in [0.5, 0.6) is 0 Å². The van der Waals surface area contributed by atoms with Crippen LogP contribution in [0.1, 0.15) is 55.6 Å². The number of hydrogen-bond acceptors (Lipinski definition) is 4. The van der Waals surface area contributed by atoms with Gasteiger partial charge in [0.05, 0.1) is 5.69 Å². The Bertz CT molecular complexity index is 372. The fourth-order valence-electron chi connectivity index (χ4n) is 1.77. The molecule has 0 amide bonds. The number of rotatable bonds is 8. The molecule has 4 heteroatoms. The normalized spacial score (nSPS) is 17.1. The predicted octanol–water partition coefficient (Wildman–Crippen LogP) is 3.99. The van der Waals surface area contributed by atoms with Gasteiger partial charge >= 0.3 is 0 Å². The molecule has 0 aromatic carbocycles. The molecule has 1 heterocycles. The maximum absolute atomic E-state index is 4.79. The first-order valence-electron chi connectivity index (χ1n) is 7.05. The second-order valence-electron chi connectivity index (χ2n) is 5.02. The number of thiazole rings is 1. The average Bonchev–Trinajstić information content (AvgIpc) is 3.13. The van der Waals surface area contributed by atoms with Crippen LogP contribution in [0.3, 0.4) is 0 Å². The monoisotopic (exact) mass is 284 g/mol. The summed E-state index contributed by atoms with van der Waals surface area (Å²) in [6.07, 6.45) is 5.02. The average molecular weight is 284 g/mol. The van der Waals surface area contributed by atoms with E-state index in [-0.39, 0.29) is 0 Å². The minimum Gasteiger partial charge on any atom is -0.309 e. The zero-order chi connectivity index (χ0) is 13.0. The Hall–Kier alpha value is -0.0600. The van der Waals surface area contributed by atoms with Crippen molar-refractivity contribution in [2.45, 2.75) is 70.0 Å². The molecule has 1 saturated carbocycles. The molecule has 1 aliphatic rings. The summed E-state index contributed by atoms with van der Waals surface area (Å²) in [5, 5.41) is 5.65. The van der Waals surface area contributed by atoms with Crippen molar-refractivity contribution in [2.75, 3.05) is 0 Å². The highest BCUT2D eigenvalue weighted by Gasteiger charge is 2.21. The maximum atomic E-state index is 4.79. The fraction of sp³-hybridized carbons (Fsp3) is 0.786.